The van der Waals surface area contributed by atoms with Crippen LogP contribution in [0.3, 0.4) is 0 Å². The first-order chi connectivity index (χ1) is 18.5. The number of carbonyl (C=O) groups excluding carboxylic acids is 2. The lowest BCUT2D eigenvalue weighted by Crippen LogP contribution is -2.49. The minimum atomic E-state index is -0.0759. The van der Waals surface area contributed by atoms with Gasteiger partial charge < -0.3 is 25.5 Å². The Bertz CT molecular complexity index is 1290. The van der Waals surface area contributed by atoms with Crippen molar-refractivity contribution in [2.45, 2.75) is 44.6 Å². The largest absolute Gasteiger partial charge is 0.508 e. The molecule has 0 bridgehead atoms. The number of carbonyl (C=O) groups is 2. The van der Waals surface area contributed by atoms with Gasteiger partial charge in [0.05, 0.1) is 5.69 Å². The van der Waals surface area contributed by atoms with Crippen molar-refractivity contribution in [2.75, 3.05) is 36.4 Å². The summed E-state index contributed by atoms with van der Waals surface area (Å²) in [6.45, 7) is 4.99. The van der Waals surface area contributed by atoms with E-state index in [9.17, 15) is 14.7 Å². The zero-order chi connectivity index (χ0) is 26.5. The average molecular weight is 515 g/mol. The van der Waals surface area contributed by atoms with E-state index >= 15 is 0 Å². The summed E-state index contributed by atoms with van der Waals surface area (Å²) in [4.78, 5) is 37.0. The number of benzene rings is 2. The molecule has 3 amide bonds. The lowest BCUT2D eigenvalue weighted by molar-refractivity contribution is -0.109. The molecule has 5 rings (SSSR count). The van der Waals surface area contributed by atoms with Crippen LogP contribution in [0, 0.1) is 0 Å². The van der Waals surface area contributed by atoms with E-state index in [0.29, 0.717) is 19.5 Å². The maximum Gasteiger partial charge on any atom is 0.322 e. The first-order valence-corrected chi connectivity index (χ1v) is 13.2. The molecule has 3 heterocycles. The van der Waals surface area contributed by atoms with E-state index in [0.717, 1.165) is 61.5 Å². The molecule has 2 aliphatic heterocycles. The fourth-order valence-corrected chi connectivity index (χ4v) is 5.57. The summed E-state index contributed by atoms with van der Waals surface area (Å²) < 4.78 is 0. The molecule has 0 spiro atoms. The predicted molar refractivity (Wildman–Crippen MR) is 147 cm³/mol. The highest BCUT2D eigenvalue weighted by molar-refractivity contribution is 5.91. The molecule has 1 fully saturated rings. The number of hydrogen-bond acceptors (Lipinski definition) is 6. The third kappa shape index (κ3) is 5.56. The Labute approximate surface area is 222 Å². The normalized spacial score (nSPS) is 16.8. The zero-order valence-electron chi connectivity index (χ0n) is 21.6. The van der Waals surface area contributed by atoms with Crippen molar-refractivity contribution in [1.29, 1.82) is 0 Å². The van der Waals surface area contributed by atoms with Gasteiger partial charge in [0.2, 0.25) is 6.41 Å². The van der Waals surface area contributed by atoms with Crippen LogP contribution in [-0.4, -0.2) is 64.6 Å². The summed E-state index contributed by atoms with van der Waals surface area (Å²) in [6.07, 6.45) is 5.56. The van der Waals surface area contributed by atoms with Crippen molar-refractivity contribution in [2.24, 2.45) is 0 Å². The second-order valence-corrected chi connectivity index (χ2v) is 9.98. The molecule has 38 heavy (non-hydrogen) atoms. The van der Waals surface area contributed by atoms with Gasteiger partial charge >= 0.3 is 6.03 Å². The minimum absolute atomic E-state index is 0.0759. The lowest BCUT2D eigenvalue weighted by Gasteiger charge is -2.38. The van der Waals surface area contributed by atoms with Gasteiger partial charge in [0.25, 0.3) is 0 Å². The summed E-state index contributed by atoms with van der Waals surface area (Å²) in [5.41, 5.74) is 5.09. The SMILES string of the molecule is CC(c1cc(N2CCC(N3CCc4cc(O)ccc4NC3=O)CC2)ncn1)c1ccccc1CCNC=O. The van der Waals surface area contributed by atoms with Crippen molar-refractivity contribution >= 4 is 23.9 Å². The van der Waals surface area contributed by atoms with Gasteiger partial charge in [0.1, 0.15) is 17.9 Å². The number of aromatic hydroxyl groups is 1. The van der Waals surface area contributed by atoms with Crippen molar-refractivity contribution < 1.29 is 14.7 Å². The van der Waals surface area contributed by atoms with E-state index in [2.05, 4.69) is 50.6 Å². The Balaban J connectivity index is 1.23. The van der Waals surface area contributed by atoms with E-state index in [1.54, 1.807) is 24.5 Å². The van der Waals surface area contributed by atoms with E-state index in [4.69, 9.17) is 0 Å². The molecule has 0 saturated carbocycles. The van der Waals surface area contributed by atoms with Gasteiger partial charge in [-0.05, 0) is 60.6 Å². The number of urea groups is 1. The fraction of sp³-hybridized carbons (Fsp3) is 0.379. The number of phenolic OH excluding ortho intramolecular Hbond substituents is 1. The number of anilines is 2. The number of aromatic nitrogens is 2. The standard InChI is InChI=1S/C29H34N6O3/c1-20(25-5-3-2-4-21(25)8-12-30-19-36)27-17-28(32-18-31-27)34-13-10-23(11-14-34)35-15-9-22-16-24(37)6-7-26(22)33-29(35)38/h2-7,16-20,23,37H,8-15H2,1H3,(H,30,36)(H,33,38). The Morgan fingerprint density at radius 2 is 1.95 bits per heavy atom. The van der Waals surface area contributed by atoms with Crippen LogP contribution >= 0.6 is 0 Å². The molecule has 1 atom stereocenters. The Kier molecular flexibility index (Phi) is 7.72. The number of nitrogens with zero attached hydrogens (tertiary/aromatic N) is 4. The van der Waals surface area contributed by atoms with Crippen LogP contribution in [0.2, 0.25) is 0 Å². The van der Waals surface area contributed by atoms with Crippen LogP contribution in [0.25, 0.3) is 0 Å². The summed E-state index contributed by atoms with van der Waals surface area (Å²) >= 11 is 0. The molecule has 9 nitrogen and oxygen atoms in total. The zero-order valence-corrected chi connectivity index (χ0v) is 21.6. The molecule has 2 aliphatic rings. The van der Waals surface area contributed by atoms with Crippen LogP contribution in [0.1, 0.15) is 48.1 Å². The highest BCUT2D eigenvalue weighted by Crippen LogP contribution is 2.30. The second kappa shape index (κ2) is 11.5. The number of phenols is 1. The van der Waals surface area contributed by atoms with Gasteiger partial charge in [0, 0.05) is 49.9 Å². The molecule has 1 saturated heterocycles. The number of rotatable bonds is 8. The summed E-state index contributed by atoms with van der Waals surface area (Å²) in [6, 6.07) is 15.5. The Morgan fingerprint density at radius 3 is 2.76 bits per heavy atom. The number of amides is 3. The third-order valence-corrected chi connectivity index (χ3v) is 7.70. The van der Waals surface area contributed by atoms with E-state index in [1.807, 2.05) is 17.0 Å². The summed E-state index contributed by atoms with van der Waals surface area (Å²) in [7, 11) is 0. The van der Waals surface area contributed by atoms with Gasteiger partial charge in [-0.3, -0.25) is 4.79 Å². The maximum atomic E-state index is 13.0. The maximum absolute atomic E-state index is 13.0. The third-order valence-electron chi connectivity index (χ3n) is 7.70. The van der Waals surface area contributed by atoms with Crippen molar-refractivity contribution in [3.63, 3.8) is 0 Å². The van der Waals surface area contributed by atoms with E-state index < -0.39 is 0 Å². The number of piperidine rings is 1. The first-order valence-electron chi connectivity index (χ1n) is 13.2. The highest BCUT2D eigenvalue weighted by atomic mass is 16.3. The number of nitrogens with one attached hydrogen (secondary N) is 2. The van der Waals surface area contributed by atoms with Crippen LogP contribution in [0.15, 0.2) is 54.9 Å². The molecule has 9 heteroatoms. The first kappa shape index (κ1) is 25.5. The fourth-order valence-electron chi connectivity index (χ4n) is 5.57. The van der Waals surface area contributed by atoms with Gasteiger partial charge in [-0.2, -0.15) is 0 Å². The Morgan fingerprint density at radius 1 is 1.13 bits per heavy atom. The highest BCUT2D eigenvalue weighted by Gasteiger charge is 2.30. The number of fused-ring (bicyclic) bond motifs is 1. The lowest BCUT2D eigenvalue weighted by atomic mass is 9.91. The second-order valence-electron chi connectivity index (χ2n) is 9.98. The van der Waals surface area contributed by atoms with Crippen LogP contribution in [-0.2, 0) is 17.6 Å². The molecular weight excluding hydrogens is 480 g/mol. The minimum Gasteiger partial charge on any atom is -0.508 e. The molecule has 2 aromatic carbocycles. The molecule has 198 valence electrons. The smallest absolute Gasteiger partial charge is 0.322 e. The molecule has 1 unspecified atom stereocenters. The van der Waals surface area contributed by atoms with Crippen molar-refractivity contribution in [3.8, 4) is 5.75 Å². The summed E-state index contributed by atoms with van der Waals surface area (Å²) in [5, 5.41) is 15.6. The molecule has 0 aliphatic carbocycles. The monoisotopic (exact) mass is 514 g/mol. The molecule has 1 aromatic heterocycles. The number of hydrogen-bond donors (Lipinski definition) is 3. The molecule has 3 aromatic rings. The summed E-state index contributed by atoms with van der Waals surface area (Å²) in [5.74, 6) is 1.21. The van der Waals surface area contributed by atoms with Crippen molar-refractivity contribution in [1.82, 2.24) is 20.2 Å². The molecule has 0 radical (unpaired) electrons. The van der Waals surface area contributed by atoms with Crippen LogP contribution < -0.4 is 15.5 Å². The van der Waals surface area contributed by atoms with Gasteiger partial charge in [-0.15, -0.1) is 0 Å². The quantitative estimate of drug-likeness (QED) is 0.240. The van der Waals surface area contributed by atoms with E-state index in [1.165, 1.54) is 11.1 Å². The van der Waals surface area contributed by atoms with Gasteiger partial charge in [-0.25, -0.2) is 14.8 Å². The topological polar surface area (TPSA) is 111 Å². The van der Waals surface area contributed by atoms with Crippen LogP contribution in [0.5, 0.6) is 5.75 Å². The van der Waals surface area contributed by atoms with Gasteiger partial charge in [0.15, 0.2) is 0 Å². The van der Waals surface area contributed by atoms with Crippen molar-refractivity contribution in [3.05, 3.63) is 77.2 Å². The van der Waals surface area contributed by atoms with E-state index in [-0.39, 0.29) is 23.7 Å². The van der Waals surface area contributed by atoms with Crippen LogP contribution in [0.4, 0.5) is 16.3 Å². The average Bonchev–Trinajstić information content (AvgIpc) is 3.11. The van der Waals surface area contributed by atoms with Gasteiger partial charge in [-0.1, -0.05) is 31.2 Å². The molecular formula is C29H34N6O3. The Hall–Kier alpha value is -4.14. The predicted octanol–water partition coefficient (Wildman–Crippen LogP) is 3.68. The molecule has 3 N–H and O–H groups in total.